The molecule has 30 heavy (non-hydrogen) atoms. The highest BCUT2D eigenvalue weighted by molar-refractivity contribution is 7.99. The van der Waals surface area contributed by atoms with Crippen LogP contribution in [0, 0.1) is 5.92 Å². The van der Waals surface area contributed by atoms with Crippen LogP contribution in [0.1, 0.15) is 38.8 Å². The molecule has 0 aliphatic carbocycles. The highest BCUT2D eigenvalue weighted by Crippen LogP contribution is 2.32. The van der Waals surface area contributed by atoms with Crippen molar-refractivity contribution in [3.8, 4) is 5.75 Å². The summed E-state index contributed by atoms with van der Waals surface area (Å²) in [5.41, 5.74) is 2.28. The van der Waals surface area contributed by atoms with E-state index in [1.807, 2.05) is 11.8 Å². The van der Waals surface area contributed by atoms with Crippen LogP contribution in [-0.2, 0) is 6.54 Å². The van der Waals surface area contributed by atoms with Gasteiger partial charge in [-0.15, -0.1) is 11.8 Å². The number of fused-ring (bicyclic) bond motifs is 2. The second-order valence-electron chi connectivity index (χ2n) is 9.07. The van der Waals surface area contributed by atoms with Crippen LogP contribution in [0.2, 0.25) is 0 Å². The van der Waals surface area contributed by atoms with E-state index in [1.165, 1.54) is 26.8 Å². The summed E-state index contributed by atoms with van der Waals surface area (Å²) in [6.45, 7) is 10.8. The topological polar surface area (TPSA) is 12.5 Å². The van der Waals surface area contributed by atoms with Gasteiger partial charge in [0.15, 0.2) is 0 Å². The third kappa shape index (κ3) is 5.08. The Morgan fingerprint density at radius 3 is 2.63 bits per heavy atom. The van der Waals surface area contributed by atoms with Gasteiger partial charge in [-0.3, -0.25) is 4.90 Å². The van der Waals surface area contributed by atoms with Crippen LogP contribution in [0.5, 0.6) is 5.75 Å². The summed E-state index contributed by atoms with van der Waals surface area (Å²) in [5, 5.41) is 2.65. The van der Waals surface area contributed by atoms with Crippen LogP contribution in [0.25, 0.3) is 16.8 Å². The van der Waals surface area contributed by atoms with Crippen LogP contribution < -0.4 is 4.74 Å². The minimum atomic E-state index is -0.229. The predicted octanol–water partition coefficient (Wildman–Crippen LogP) is 7.23. The molecule has 2 nitrogen and oxygen atoms in total. The zero-order valence-corrected chi connectivity index (χ0v) is 19.2. The number of hydrogen-bond acceptors (Lipinski definition) is 3. The van der Waals surface area contributed by atoms with E-state index in [2.05, 4.69) is 105 Å². The van der Waals surface area contributed by atoms with Gasteiger partial charge in [0.05, 0.1) is 0 Å². The molecule has 3 heteroatoms. The Kier molecular flexibility index (Phi) is 6.21. The van der Waals surface area contributed by atoms with E-state index in [9.17, 15) is 0 Å². The van der Waals surface area contributed by atoms with Gasteiger partial charge in [-0.05, 0) is 60.4 Å². The molecule has 0 unspecified atom stereocenters. The number of ether oxygens (including phenoxy) is 1. The zero-order chi connectivity index (χ0) is 21.1. The monoisotopic (exact) mass is 417 g/mol. The molecule has 0 saturated carbocycles. The van der Waals surface area contributed by atoms with E-state index >= 15 is 0 Å². The fourth-order valence-electron chi connectivity index (χ4n) is 3.95. The van der Waals surface area contributed by atoms with Gasteiger partial charge >= 0.3 is 0 Å². The van der Waals surface area contributed by atoms with E-state index in [-0.39, 0.29) is 5.60 Å². The molecule has 1 heterocycles. The normalized spacial score (nSPS) is 14.9. The maximum absolute atomic E-state index is 6.09. The summed E-state index contributed by atoms with van der Waals surface area (Å²) in [4.78, 5) is 3.90. The van der Waals surface area contributed by atoms with Crippen molar-refractivity contribution >= 4 is 28.6 Å². The molecule has 1 aliphatic heterocycles. The average molecular weight is 418 g/mol. The predicted molar refractivity (Wildman–Crippen MR) is 130 cm³/mol. The molecule has 0 aromatic heterocycles. The Morgan fingerprint density at radius 2 is 1.80 bits per heavy atom. The van der Waals surface area contributed by atoms with Gasteiger partial charge in [-0.25, -0.2) is 0 Å². The minimum Gasteiger partial charge on any atom is -0.483 e. The van der Waals surface area contributed by atoms with Gasteiger partial charge in [0.2, 0.25) is 0 Å². The summed E-state index contributed by atoms with van der Waals surface area (Å²) >= 11 is 1.94. The van der Waals surface area contributed by atoms with Crippen LogP contribution >= 0.6 is 11.8 Å². The maximum atomic E-state index is 6.09. The van der Waals surface area contributed by atoms with Gasteiger partial charge in [-0.2, -0.15) is 0 Å². The molecule has 156 valence electrons. The molecule has 1 aliphatic rings. The Morgan fingerprint density at radius 1 is 1.00 bits per heavy atom. The Hall–Kier alpha value is -2.23. The van der Waals surface area contributed by atoms with Crippen LogP contribution in [0.3, 0.4) is 0 Å². The first kappa shape index (κ1) is 21.0. The molecule has 0 radical (unpaired) electrons. The number of rotatable bonds is 7. The number of nitrogens with zero attached hydrogens (tertiary/aromatic N) is 1. The molecule has 0 saturated heterocycles. The molecule has 3 aromatic rings. The third-order valence-electron chi connectivity index (χ3n) is 5.29. The minimum absolute atomic E-state index is 0.229. The lowest BCUT2D eigenvalue weighted by Gasteiger charge is -2.29. The second-order valence-corrected chi connectivity index (χ2v) is 10.1. The highest BCUT2D eigenvalue weighted by atomic mass is 32.2. The second kappa shape index (κ2) is 8.87. The smallest absolute Gasteiger partial charge is 0.127 e. The summed E-state index contributed by atoms with van der Waals surface area (Å²) in [6, 6.07) is 21.9. The van der Waals surface area contributed by atoms with Crippen LogP contribution in [0.4, 0.5) is 0 Å². The van der Waals surface area contributed by atoms with Crippen LogP contribution in [0.15, 0.2) is 71.6 Å². The molecule has 0 amide bonds. The van der Waals surface area contributed by atoms with Gasteiger partial charge in [0.1, 0.15) is 11.4 Å². The average Bonchev–Trinajstić information content (AvgIpc) is 2.71. The first-order valence-corrected chi connectivity index (χ1v) is 11.7. The molecule has 3 aromatic carbocycles. The largest absolute Gasteiger partial charge is 0.483 e. The molecular weight excluding hydrogens is 386 g/mol. The first-order chi connectivity index (χ1) is 14.4. The van der Waals surface area contributed by atoms with E-state index in [1.54, 1.807) is 0 Å². The van der Waals surface area contributed by atoms with E-state index in [4.69, 9.17) is 4.74 Å². The highest BCUT2D eigenvalue weighted by Gasteiger charge is 2.21. The molecule has 0 bridgehead atoms. The standard InChI is InChI=1S/C27H31NOS/c1-20(2)17-28(19-30-26-11-7-9-22-8-5-6-10-24(22)26)18-21-12-13-25-23(16-21)14-15-27(3,4)29-25/h5-16,20H,17-19H2,1-4H3. The number of thioether (sulfide) groups is 1. The lowest BCUT2D eigenvalue weighted by molar-refractivity contribution is 0.159. The molecular formula is C27H31NOS. The van der Waals surface area contributed by atoms with E-state index in [0.29, 0.717) is 5.92 Å². The Labute approximate surface area is 184 Å². The lowest BCUT2D eigenvalue weighted by atomic mass is 10.0. The molecule has 0 spiro atoms. The van der Waals surface area contributed by atoms with Gasteiger partial charge < -0.3 is 4.74 Å². The first-order valence-electron chi connectivity index (χ1n) is 10.7. The van der Waals surface area contributed by atoms with Gasteiger partial charge in [-0.1, -0.05) is 62.4 Å². The van der Waals surface area contributed by atoms with Crippen molar-refractivity contribution in [2.45, 2.75) is 44.7 Å². The van der Waals surface area contributed by atoms with E-state index in [0.717, 1.165) is 24.7 Å². The Balaban J connectivity index is 1.49. The fourth-order valence-corrected chi connectivity index (χ4v) is 4.98. The van der Waals surface area contributed by atoms with Crippen molar-refractivity contribution in [3.63, 3.8) is 0 Å². The third-order valence-corrected chi connectivity index (χ3v) is 6.45. The van der Waals surface area contributed by atoms with Crippen LogP contribution in [-0.4, -0.2) is 22.9 Å². The van der Waals surface area contributed by atoms with Crippen molar-refractivity contribution in [1.82, 2.24) is 4.90 Å². The summed E-state index contributed by atoms with van der Waals surface area (Å²) in [6.07, 6.45) is 4.33. The zero-order valence-electron chi connectivity index (χ0n) is 18.4. The molecule has 4 rings (SSSR count). The van der Waals surface area contributed by atoms with Gasteiger partial charge in [0, 0.05) is 29.4 Å². The number of hydrogen-bond donors (Lipinski definition) is 0. The van der Waals surface area contributed by atoms with Gasteiger partial charge in [0.25, 0.3) is 0 Å². The lowest BCUT2D eigenvalue weighted by Crippen LogP contribution is -2.28. The summed E-state index contributed by atoms with van der Waals surface area (Å²) in [7, 11) is 0. The van der Waals surface area contributed by atoms with E-state index < -0.39 is 0 Å². The van der Waals surface area contributed by atoms with Crippen molar-refractivity contribution in [3.05, 3.63) is 77.9 Å². The summed E-state index contributed by atoms with van der Waals surface area (Å²) in [5.74, 6) is 2.58. The molecule has 0 atom stereocenters. The molecule has 0 fully saturated rings. The fraction of sp³-hybridized carbons (Fsp3) is 0.333. The van der Waals surface area contributed by atoms with Crippen molar-refractivity contribution in [1.29, 1.82) is 0 Å². The van der Waals surface area contributed by atoms with Crippen molar-refractivity contribution < 1.29 is 4.74 Å². The SMILES string of the molecule is CC(C)CN(CSc1cccc2ccccc12)Cc1ccc2c(c1)C=CC(C)(C)O2. The summed E-state index contributed by atoms with van der Waals surface area (Å²) < 4.78 is 6.09. The van der Waals surface area contributed by atoms with Crippen molar-refractivity contribution in [2.75, 3.05) is 12.4 Å². The Bertz CT molecular complexity index is 1050. The quantitative estimate of drug-likeness (QED) is 0.297. The maximum Gasteiger partial charge on any atom is 0.127 e. The molecule has 0 N–H and O–H groups in total. The van der Waals surface area contributed by atoms with Crippen molar-refractivity contribution in [2.24, 2.45) is 5.92 Å². The number of benzene rings is 3.